The molecule has 2 aromatic carbocycles. The van der Waals surface area contributed by atoms with Gasteiger partial charge >= 0.3 is 0 Å². The van der Waals surface area contributed by atoms with E-state index in [0.717, 1.165) is 22.6 Å². The van der Waals surface area contributed by atoms with Crippen molar-refractivity contribution in [2.75, 3.05) is 11.6 Å². The second-order valence-corrected chi connectivity index (χ2v) is 6.77. The van der Waals surface area contributed by atoms with Gasteiger partial charge in [0.15, 0.2) is 5.43 Å². The second-order valence-electron chi connectivity index (χ2n) is 5.29. The molecule has 4 heteroatoms. The Balaban J connectivity index is 2.18. The van der Waals surface area contributed by atoms with E-state index < -0.39 is 0 Å². The SMILES string of the molecule is Cc1c(-c2ccccc2)oc2c(CSCCCl)cccc2c1=O. The van der Waals surface area contributed by atoms with Crippen molar-refractivity contribution in [3.8, 4) is 11.3 Å². The van der Waals surface area contributed by atoms with E-state index in [0.29, 0.717) is 28.2 Å². The number of thioether (sulfide) groups is 1. The first-order valence-electron chi connectivity index (χ1n) is 7.47. The lowest BCUT2D eigenvalue weighted by Gasteiger charge is -2.10. The van der Waals surface area contributed by atoms with Crippen LogP contribution >= 0.6 is 23.4 Å². The first kappa shape index (κ1) is 16.2. The van der Waals surface area contributed by atoms with Crippen molar-refractivity contribution in [2.45, 2.75) is 12.7 Å². The van der Waals surface area contributed by atoms with E-state index in [-0.39, 0.29) is 5.43 Å². The third-order valence-corrected chi connectivity index (χ3v) is 5.16. The van der Waals surface area contributed by atoms with Crippen LogP contribution in [-0.4, -0.2) is 11.6 Å². The van der Waals surface area contributed by atoms with Crippen LogP contribution in [0.25, 0.3) is 22.3 Å². The van der Waals surface area contributed by atoms with E-state index in [2.05, 4.69) is 0 Å². The molecule has 0 N–H and O–H groups in total. The lowest BCUT2D eigenvalue weighted by Crippen LogP contribution is -2.08. The predicted molar refractivity (Wildman–Crippen MR) is 99.5 cm³/mol. The normalized spacial score (nSPS) is 11.0. The fraction of sp³-hybridized carbons (Fsp3) is 0.211. The molecule has 3 rings (SSSR count). The Morgan fingerprint density at radius 1 is 1.09 bits per heavy atom. The first-order valence-corrected chi connectivity index (χ1v) is 9.15. The molecule has 1 heterocycles. The fourth-order valence-electron chi connectivity index (χ4n) is 2.58. The Morgan fingerprint density at radius 2 is 1.87 bits per heavy atom. The minimum absolute atomic E-state index is 0.0364. The van der Waals surface area contributed by atoms with Crippen LogP contribution in [0.2, 0.25) is 0 Å². The minimum Gasteiger partial charge on any atom is -0.455 e. The Bertz CT molecular complexity index is 872. The topological polar surface area (TPSA) is 30.2 Å². The molecule has 0 aliphatic carbocycles. The van der Waals surface area contributed by atoms with Crippen LogP contribution < -0.4 is 5.43 Å². The van der Waals surface area contributed by atoms with Crippen LogP contribution in [0.4, 0.5) is 0 Å². The monoisotopic (exact) mass is 344 g/mol. The van der Waals surface area contributed by atoms with Crippen molar-refractivity contribution < 1.29 is 4.42 Å². The molecule has 0 atom stereocenters. The molecule has 3 aromatic rings. The quantitative estimate of drug-likeness (QED) is 0.468. The van der Waals surface area contributed by atoms with Crippen LogP contribution in [0.5, 0.6) is 0 Å². The van der Waals surface area contributed by atoms with Crippen molar-refractivity contribution in [3.63, 3.8) is 0 Å². The summed E-state index contributed by atoms with van der Waals surface area (Å²) in [4.78, 5) is 12.7. The number of para-hydroxylation sites is 1. The van der Waals surface area contributed by atoms with E-state index >= 15 is 0 Å². The van der Waals surface area contributed by atoms with Gasteiger partial charge in [0.05, 0.1) is 5.39 Å². The highest BCUT2D eigenvalue weighted by Gasteiger charge is 2.14. The average molecular weight is 345 g/mol. The molecule has 0 aliphatic rings. The van der Waals surface area contributed by atoms with Crippen LogP contribution in [0.3, 0.4) is 0 Å². The van der Waals surface area contributed by atoms with E-state index in [1.54, 1.807) is 11.8 Å². The van der Waals surface area contributed by atoms with Gasteiger partial charge in [-0.15, -0.1) is 11.6 Å². The van der Waals surface area contributed by atoms with E-state index in [9.17, 15) is 4.79 Å². The third-order valence-electron chi connectivity index (χ3n) is 3.74. The van der Waals surface area contributed by atoms with E-state index in [1.807, 2.05) is 55.5 Å². The fourth-order valence-corrected chi connectivity index (χ4v) is 3.61. The zero-order valence-corrected chi connectivity index (χ0v) is 14.4. The highest BCUT2D eigenvalue weighted by atomic mass is 35.5. The first-order chi connectivity index (χ1) is 11.2. The molecule has 0 amide bonds. The molecular formula is C19H17ClO2S. The average Bonchev–Trinajstić information content (AvgIpc) is 2.59. The van der Waals surface area contributed by atoms with Crippen molar-refractivity contribution in [3.05, 3.63) is 69.9 Å². The van der Waals surface area contributed by atoms with E-state index in [1.165, 1.54) is 0 Å². The van der Waals surface area contributed by atoms with Gasteiger partial charge in [-0.05, 0) is 13.0 Å². The Morgan fingerprint density at radius 3 is 2.61 bits per heavy atom. The highest BCUT2D eigenvalue weighted by Crippen LogP contribution is 2.28. The minimum atomic E-state index is 0.0364. The lowest BCUT2D eigenvalue weighted by molar-refractivity contribution is 0.611. The Hall–Kier alpha value is -1.71. The number of halogens is 1. The smallest absolute Gasteiger partial charge is 0.196 e. The maximum absolute atomic E-state index is 12.7. The summed E-state index contributed by atoms with van der Waals surface area (Å²) in [5.41, 5.74) is 3.33. The molecule has 2 nitrogen and oxygen atoms in total. The molecule has 0 bridgehead atoms. The van der Waals surface area contributed by atoms with Gasteiger partial charge in [-0.25, -0.2) is 0 Å². The number of fused-ring (bicyclic) bond motifs is 1. The molecule has 0 saturated carbocycles. The molecule has 0 saturated heterocycles. The summed E-state index contributed by atoms with van der Waals surface area (Å²) < 4.78 is 6.17. The second kappa shape index (κ2) is 7.24. The van der Waals surface area contributed by atoms with E-state index in [4.69, 9.17) is 16.0 Å². The zero-order valence-electron chi connectivity index (χ0n) is 12.8. The van der Waals surface area contributed by atoms with Gasteiger partial charge < -0.3 is 4.42 Å². The van der Waals surface area contributed by atoms with Gasteiger partial charge in [-0.3, -0.25) is 4.79 Å². The molecule has 0 radical (unpaired) electrons. The van der Waals surface area contributed by atoms with Gasteiger partial charge in [-0.1, -0.05) is 42.5 Å². The highest BCUT2D eigenvalue weighted by molar-refractivity contribution is 7.98. The van der Waals surface area contributed by atoms with Crippen molar-refractivity contribution in [1.82, 2.24) is 0 Å². The lowest BCUT2D eigenvalue weighted by atomic mass is 10.0. The molecular weight excluding hydrogens is 328 g/mol. The standard InChI is InChI=1S/C19H17ClO2S/c1-13-17(21)16-9-5-8-15(12-23-11-10-20)19(16)22-18(13)14-6-3-2-4-7-14/h2-9H,10-12H2,1H3. The summed E-state index contributed by atoms with van der Waals surface area (Å²) in [6.07, 6.45) is 0. The summed E-state index contributed by atoms with van der Waals surface area (Å²) >= 11 is 7.48. The van der Waals surface area contributed by atoms with Crippen LogP contribution in [0.1, 0.15) is 11.1 Å². The van der Waals surface area contributed by atoms with Gasteiger partial charge in [0.25, 0.3) is 0 Å². The summed E-state index contributed by atoms with van der Waals surface area (Å²) in [6.45, 7) is 1.82. The van der Waals surface area contributed by atoms with Crippen molar-refractivity contribution in [2.24, 2.45) is 0 Å². The Labute approximate surface area is 144 Å². The largest absolute Gasteiger partial charge is 0.455 e. The summed E-state index contributed by atoms with van der Waals surface area (Å²) in [7, 11) is 0. The van der Waals surface area contributed by atoms with Gasteiger partial charge in [0, 0.05) is 34.1 Å². The van der Waals surface area contributed by atoms with Crippen molar-refractivity contribution >= 4 is 34.3 Å². The molecule has 0 spiro atoms. The number of hydrogen-bond acceptors (Lipinski definition) is 3. The molecule has 0 fully saturated rings. The molecule has 0 unspecified atom stereocenters. The Kier molecular flexibility index (Phi) is 5.09. The molecule has 1 aromatic heterocycles. The molecule has 0 aliphatic heterocycles. The predicted octanol–water partition coefficient (Wildman–Crippen LogP) is 5.24. The molecule has 118 valence electrons. The number of hydrogen-bond donors (Lipinski definition) is 0. The zero-order chi connectivity index (χ0) is 16.2. The van der Waals surface area contributed by atoms with Gasteiger partial charge in [-0.2, -0.15) is 11.8 Å². The number of benzene rings is 2. The van der Waals surface area contributed by atoms with Crippen LogP contribution in [0, 0.1) is 6.92 Å². The summed E-state index contributed by atoms with van der Waals surface area (Å²) in [5.74, 6) is 2.93. The summed E-state index contributed by atoms with van der Waals surface area (Å²) in [6, 6.07) is 15.5. The maximum Gasteiger partial charge on any atom is 0.196 e. The number of alkyl halides is 1. The molecule has 23 heavy (non-hydrogen) atoms. The van der Waals surface area contributed by atoms with Crippen LogP contribution in [-0.2, 0) is 5.75 Å². The third kappa shape index (κ3) is 3.31. The summed E-state index contributed by atoms with van der Waals surface area (Å²) in [5, 5.41) is 0.645. The van der Waals surface area contributed by atoms with Crippen molar-refractivity contribution in [1.29, 1.82) is 0 Å². The maximum atomic E-state index is 12.7. The van der Waals surface area contributed by atoms with Gasteiger partial charge in [0.1, 0.15) is 11.3 Å². The number of rotatable bonds is 5. The van der Waals surface area contributed by atoms with Gasteiger partial charge in [0.2, 0.25) is 0 Å². The van der Waals surface area contributed by atoms with Crippen LogP contribution in [0.15, 0.2) is 57.7 Å².